The van der Waals surface area contributed by atoms with E-state index in [1.165, 1.54) is 5.56 Å². The molecule has 0 amide bonds. The second kappa shape index (κ2) is 7.05. The molecule has 0 aliphatic heterocycles. The molecule has 26 heavy (non-hydrogen) atoms. The van der Waals surface area contributed by atoms with Crippen molar-refractivity contribution in [3.8, 4) is 16.5 Å². The van der Waals surface area contributed by atoms with Gasteiger partial charge in [0.15, 0.2) is 5.16 Å². The quantitative estimate of drug-likeness (QED) is 0.459. The summed E-state index contributed by atoms with van der Waals surface area (Å²) in [4.78, 5) is 0.972. The predicted molar refractivity (Wildman–Crippen MR) is 103 cm³/mol. The molecule has 0 saturated heterocycles. The Bertz CT molecular complexity index is 1020. The highest BCUT2D eigenvalue weighted by atomic mass is 32.2. The Hall–Kier alpha value is -2.45. The van der Waals surface area contributed by atoms with Crippen molar-refractivity contribution in [1.82, 2.24) is 25.0 Å². The molecule has 0 aliphatic rings. The number of rotatable bonds is 5. The summed E-state index contributed by atoms with van der Waals surface area (Å²) in [7, 11) is 0. The van der Waals surface area contributed by atoms with E-state index in [1.54, 1.807) is 23.1 Å². The van der Waals surface area contributed by atoms with E-state index in [0.29, 0.717) is 11.8 Å². The summed E-state index contributed by atoms with van der Waals surface area (Å²) >= 11 is 3.13. The molecular formula is C18H17N5OS2. The Balaban J connectivity index is 1.60. The summed E-state index contributed by atoms with van der Waals surface area (Å²) in [6, 6.07) is 12.2. The summed E-state index contributed by atoms with van der Waals surface area (Å²) in [5.74, 6) is 1.98. The standard InChI is InChI=1S/C18H17N5OS2/c1-11-6-4-7-14(10-11)23-13(3)19-22-18(23)26-12(2)16-20-21-17(24-16)15-8-5-9-25-15/h4-10,12H,1-3H3. The van der Waals surface area contributed by atoms with Crippen LogP contribution < -0.4 is 0 Å². The fraction of sp³-hybridized carbons (Fsp3) is 0.222. The Kier molecular flexibility index (Phi) is 4.60. The summed E-state index contributed by atoms with van der Waals surface area (Å²) in [6.45, 7) is 6.05. The average molecular weight is 384 g/mol. The molecule has 0 bridgehead atoms. The van der Waals surface area contributed by atoms with Crippen molar-refractivity contribution in [2.75, 3.05) is 0 Å². The Labute approximate surface area is 159 Å². The maximum absolute atomic E-state index is 5.84. The Morgan fingerprint density at radius 2 is 1.96 bits per heavy atom. The van der Waals surface area contributed by atoms with E-state index < -0.39 is 0 Å². The first-order valence-corrected chi connectivity index (χ1v) is 9.91. The first-order chi connectivity index (χ1) is 12.6. The zero-order valence-corrected chi connectivity index (χ0v) is 16.2. The van der Waals surface area contributed by atoms with Crippen LogP contribution in [0.3, 0.4) is 0 Å². The third kappa shape index (κ3) is 3.30. The largest absolute Gasteiger partial charge is 0.419 e. The van der Waals surface area contributed by atoms with Gasteiger partial charge >= 0.3 is 0 Å². The first kappa shape index (κ1) is 17.0. The minimum atomic E-state index is -0.0385. The summed E-state index contributed by atoms with van der Waals surface area (Å²) in [6.07, 6.45) is 0. The van der Waals surface area contributed by atoms with Gasteiger partial charge in [0.2, 0.25) is 5.89 Å². The van der Waals surface area contributed by atoms with E-state index in [-0.39, 0.29) is 5.25 Å². The highest BCUT2D eigenvalue weighted by molar-refractivity contribution is 7.99. The van der Waals surface area contributed by atoms with Crippen LogP contribution in [0.2, 0.25) is 0 Å². The monoisotopic (exact) mass is 383 g/mol. The van der Waals surface area contributed by atoms with Crippen LogP contribution in [-0.2, 0) is 0 Å². The van der Waals surface area contributed by atoms with Gasteiger partial charge in [-0.3, -0.25) is 4.57 Å². The number of benzene rings is 1. The molecule has 6 nitrogen and oxygen atoms in total. The van der Waals surface area contributed by atoms with Crippen LogP contribution in [0, 0.1) is 13.8 Å². The maximum Gasteiger partial charge on any atom is 0.257 e. The minimum absolute atomic E-state index is 0.0385. The zero-order chi connectivity index (χ0) is 18.1. The van der Waals surface area contributed by atoms with Crippen molar-refractivity contribution < 1.29 is 4.42 Å². The number of hydrogen-bond acceptors (Lipinski definition) is 7. The van der Waals surface area contributed by atoms with Gasteiger partial charge in [-0.1, -0.05) is 30.0 Å². The van der Waals surface area contributed by atoms with Gasteiger partial charge < -0.3 is 4.42 Å². The predicted octanol–water partition coefficient (Wildman–Crippen LogP) is 4.85. The lowest BCUT2D eigenvalue weighted by Crippen LogP contribution is -2.01. The third-order valence-corrected chi connectivity index (χ3v) is 5.75. The van der Waals surface area contributed by atoms with Crippen molar-refractivity contribution in [3.05, 3.63) is 59.1 Å². The van der Waals surface area contributed by atoms with Gasteiger partial charge in [-0.05, 0) is 49.9 Å². The van der Waals surface area contributed by atoms with Crippen LogP contribution in [0.4, 0.5) is 0 Å². The van der Waals surface area contributed by atoms with Crippen molar-refractivity contribution in [2.24, 2.45) is 0 Å². The van der Waals surface area contributed by atoms with Crippen molar-refractivity contribution >= 4 is 23.1 Å². The molecule has 0 fully saturated rings. The van der Waals surface area contributed by atoms with Crippen molar-refractivity contribution in [3.63, 3.8) is 0 Å². The number of nitrogens with zero attached hydrogens (tertiary/aromatic N) is 5. The van der Waals surface area contributed by atoms with E-state index in [9.17, 15) is 0 Å². The summed E-state index contributed by atoms with van der Waals surface area (Å²) < 4.78 is 7.89. The van der Waals surface area contributed by atoms with Gasteiger partial charge in [-0.25, -0.2) is 0 Å². The van der Waals surface area contributed by atoms with Crippen molar-refractivity contribution in [2.45, 2.75) is 31.2 Å². The molecule has 4 rings (SSSR count). The SMILES string of the molecule is Cc1cccc(-n2c(C)nnc2SC(C)c2nnc(-c3cccs3)o2)c1. The molecule has 0 aliphatic carbocycles. The molecule has 4 aromatic rings. The average Bonchev–Trinajstić information content (AvgIpc) is 3.35. The van der Waals surface area contributed by atoms with Crippen LogP contribution in [0.5, 0.6) is 0 Å². The minimum Gasteiger partial charge on any atom is -0.419 e. The molecule has 132 valence electrons. The van der Waals surface area contributed by atoms with E-state index in [2.05, 4.69) is 45.5 Å². The molecule has 0 N–H and O–H groups in total. The fourth-order valence-electron chi connectivity index (χ4n) is 2.59. The second-order valence-corrected chi connectivity index (χ2v) is 8.14. The topological polar surface area (TPSA) is 69.6 Å². The van der Waals surface area contributed by atoms with E-state index >= 15 is 0 Å². The molecule has 3 aromatic heterocycles. The van der Waals surface area contributed by atoms with E-state index in [1.807, 2.05) is 42.0 Å². The lowest BCUT2D eigenvalue weighted by molar-refractivity contribution is 0.510. The number of thioether (sulfide) groups is 1. The van der Waals surface area contributed by atoms with Gasteiger partial charge in [0.1, 0.15) is 5.82 Å². The van der Waals surface area contributed by atoms with Gasteiger partial charge in [0.25, 0.3) is 5.89 Å². The normalized spacial score (nSPS) is 12.4. The van der Waals surface area contributed by atoms with Gasteiger partial charge in [-0.15, -0.1) is 31.7 Å². The molecule has 8 heteroatoms. The molecule has 0 spiro atoms. The third-order valence-electron chi connectivity index (χ3n) is 3.86. The highest BCUT2D eigenvalue weighted by Gasteiger charge is 2.21. The maximum atomic E-state index is 5.84. The number of hydrogen-bond donors (Lipinski definition) is 0. The van der Waals surface area contributed by atoms with Crippen LogP contribution >= 0.6 is 23.1 Å². The zero-order valence-electron chi connectivity index (χ0n) is 14.6. The van der Waals surface area contributed by atoms with Crippen LogP contribution in [0.25, 0.3) is 16.5 Å². The van der Waals surface area contributed by atoms with Crippen LogP contribution in [0.15, 0.2) is 51.4 Å². The summed E-state index contributed by atoms with van der Waals surface area (Å²) in [5, 5.41) is 19.7. The molecule has 1 atom stereocenters. The second-order valence-electron chi connectivity index (χ2n) is 5.89. The van der Waals surface area contributed by atoms with Crippen LogP contribution in [-0.4, -0.2) is 25.0 Å². The van der Waals surface area contributed by atoms with E-state index in [0.717, 1.165) is 21.5 Å². The Morgan fingerprint density at radius 3 is 2.73 bits per heavy atom. The van der Waals surface area contributed by atoms with E-state index in [4.69, 9.17) is 4.42 Å². The summed E-state index contributed by atoms with van der Waals surface area (Å²) in [5.41, 5.74) is 2.24. The molecule has 0 saturated carbocycles. The van der Waals surface area contributed by atoms with Gasteiger partial charge in [0.05, 0.1) is 10.1 Å². The molecule has 0 radical (unpaired) electrons. The van der Waals surface area contributed by atoms with Crippen LogP contribution in [0.1, 0.15) is 29.5 Å². The van der Waals surface area contributed by atoms with Crippen molar-refractivity contribution in [1.29, 1.82) is 0 Å². The number of aromatic nitrogens is 5. The number of thiophene rings is 1. The molecular weight excluding hydrogens is 366 g/mol. The Morgan fingerprint density at radius 1 is 1.08 bits per heavy atom. The first-order valence-electron chi connectivity index (χ1n) is 8.15. The van der Waals surface area contributed by atoms with Gasteiger partial charge in [0, 0.05) is 5.69 Å². The highest BCUT2D eigenvalue weighted by Crippen LogP contribution is 2.36. The number of aryl methyl sites for hydroxylation is 2. The van der Waals surface area contributed by atoms with Gasteiger partial charge in [-0.2, -0.15) is 0 Å². The lowest BCUT2D eigenvalue weighted by atomic mass is 10.2. The molecule has 3 heterocycles. The fourth-order valence-corrected chi connectivity index (χ4v) is 4.18. The lowest BCUT2D eigenvalue weighted by Gasteiger charge is -2.11. The smallest absolute Gasteiger partial charge is 0.257 e. The molecule has 1 aromatic carbocycles. The molecule has 1 unspecified atom stereocenters.